The van der Waals surface area contributed by atoms with E-state index in [1.807, 2.05) is 13.8 Å². The standard InChI is InChI=1S/C9H18N2O/c1-6(7(2)10)9(12)11-8-4-3-5-8/h6-8H,3-5,10H2,1-2H3,(H,11,12). The zero-order valence-electron chi connectivity index (χ0n) is 7.84. The summed E-state index contributed by atoms with van der Waals surface area (Å²) in [5.41, 5.74) is 5.61. The molecule has 1 amide bonds. The Labute approximate surface area is 73.7 Å². The Hall–Kier alpha value is -0.570. The molecule has 0 radical (unpaired) electrons. The van der Waals surface area contributed by atoms with Gasteiger partial charge in [-0.05, 0) is 26.2 Å². The average Bonchev–Trinajstić information content (AvgIpc) is 1.94. The maximum absolute atomic E-state index is 11.4. The van der Waals surface area contributed by atoms with Gasteiger partial charge in [-0.25, -0.2) is 0 Å². The Balaban J connectivity index is 2.26. The van der Waals surface area contributed by atoms with Crippen molar-refractivity contribution in [1.29, 1.82) is 0 Å². The second-order valence-corrected chi connectivity index (χ2v) is 3.78. The molecule has 0 aliphatic heterocycles. The van der Waals surface area contributed by atoms with E-state index < -0.39 is 0 Å². The number of nitrogens with one attached hydrogen (secondary N) is 1. The molecule has 1 aliphatic carbocycles. The van der Waals surface area contributed by atoms with Crippen molar-refractivity contribution in [3.05, 3.63) is 0 Å². The van der Waals surface area contributed by atoms with Gasteiger partial charge < -0.3 is 11.1 Å². The number of hydrogen-bond acceptors (Lipinski definition) is 2. The van der Waals surface area contributed by atoms with Crippen LogP contribution in [0.1, 0.15) is 33.1 Å². The summed E-state index contributed by atoms with van der Waals surface area (Å²) < 4.78 is 0. The monoisotopic (exact) mass is 170 g/mol. The molecule has 1 saturated carbocycles. The lowest BCUT2D eigenvalue weighted by Crippen LogP contribution is -2.45. The Morgan fingerprint density at radius 3 is 2.42 bits per heavy atom. The molecule has 2 unspecified atom stereocenters. The van der Waals surface area contributed by atoms with Gasteiger partial charge in [-0.15, -0.1) is 0 Å². The van der Waals surface area contributed by atoms with Gasteiger partial charge in [0.05, 0.1) is 0 Å². The Morgan fingerprint density at radius 1 is 1.50 bits per heavy atom. The molecule has 70 valence electrons. The van der Waals surface area contributed by atoms with Crippen LogP contribution in [0, 0.1) is 5.92 Å². The van der Waals surface area contributed by atoms with Crippen molar-refractivity contribution >= 4 is 5.91 Å². The summed E-state index contributed by atoms with van der Waals surface area (Å²) >= 11 is 0. The molecule has 12 heavy (non-hydrogen) atoms. The zero-order valence-corrected chi connectivity index (χ0v) is 7.84. The third-order valence-electron chi connectivity index (χ3n) is 2.65. The van der Waals surface area contributed by atoms with Crippen LogP contribution in [0.3, 0.4) is 0 Å². The smallest absolute Gasteiger partial charge is 0.224 e. The summed E-state index contributed by atoms with van der Waals surface area (Å²) in [5, 5.41) is 2.98. The Morgan fingerprint density at radius 2 is 2.08 bits per heavy atom. The fourth-order valence-electron chi connectivity index (χ4n) is 1.12. The summed E-state index contributed by atoms with van der Waals surface area (Å²) in [7, 11) is 0. The quantitative estimate of drug-likeness (QED) is 0.653. The fraction of sp³-hybridized carbons (Fsp3) is 0.889. The van der Waals surface area contributed by atoms with Crippen molar-refractivity contribution in [2.24, 2.45) is 11.7 Å². The maximum atomic E-state index is 11.4. The van der Waals surface area contributed by atoms with E-state index in [-0.39, 0.29) is 17.9 Å². The van der Waals surface area contributed by atoms with Crippen molar-refractivity contribution in [2.75, 3.05) is 0 Å². The molecule has 0 spiro atoms. The van der Waals surface area contributed by atoms with Gasteiger partial charge in [-0.1, -0.05) is 6.92 Å². The summed E-state index contributed by atoms with van der Waals surface area (Å²) in [5.74, 6) is 0.0419. The maximum Gasteiger partial charge on any atom is 0.224 e. The zero-order chi connectivity index (χ0) is 9.14. The first kappa shape index (κ1) is 9.52. The van der Waals surface area contributed by atoms with E-state index >= 15 is 0 Å². The van der Waals surface area contributed by atoms with Crippen LogP contribution in [0.5, 0.6) is 0 Å². The van der Waals surface area contributed by atoms with Gasteiger partial charge in [-0.2, -0.15) is 0 Å². The predicted molar refractivity (Wildman–Crippen MR) is 48.6 cm³/mol. The van der Waals surface area contributed by atoms with Crippen molar-refractivity contribution in [2.45, 2.75) is 45.2 Å². The minimum atomic E-state index is -0.0643. The molecular weight excluding hydrogens is 152 g/mol. The van der Waals surface area contributed by atoms with Gasteiger partial charge in [-0.3, -0.25) is 4.79 Å². The van der Waals surface area contributed by atoms with Crippen LogP contribution in [0.4, 0.5) is 0 Å². The molecule has 0 saturated heterocycles. The van der Waals surface area contributed by atoms with E-state index in [1.54, 1.807) is 0 Å². The summed E-state index contributed by atoms with van der Waals surface area (Å²) in [6.07, 6.45) is 3.52. The molecule has 1 rings (SSSR count). The number of amides is 1. The molecule has 0 aromatic heterocycles. The molecular formula is C9H18N2O. The molecule has 1 aliphatic rings. The van der Waals surface area contributed by atoms with Crippen LogP contribution >= 0.6 is 0 Å². The van der Waals surface area contributed by atoms with E-state index in [0.717, 1.165) is 12.8 Å². The molecule has 3 nitrogen and oxygen atoms in total. The van der Waals surface area contributed by atoms with Crippen LogP contribution in [0.15, 0.2) is 0 Å². The van der Waals surface area contributed by atoms with Crippen LogP contribution in [0.25, 0.3) is 0 Å². The molecule has 3 N–H and O–H groups in total. The van der Waals surface area contributed by atoms with E-state index in [2.05, 4.69) is 5.32 Å². The third kappa shape index (κ3) is 2.21. The van der Waals surface area contributed by atoms with Gasteiger partial charge in [0.15, 0.2) is 0 Å². The lowest BCUT2D eigenvalue weighted by molar-refractivity contribution is -0.126. The predicted octanol–water partition coefficient (Wildman–Crippen LogP) is 0.638. The number of carbonyl (C=O) groups is 1. The molecule has 0 bridgehead atoms. The Kier molecular flexibility index (Phi) is 3.09. The van der Waals surface area contributed by atoms with Crippen LogP contribution in [0.2, 0.25) is 0 Å². The summed E-state index contributed by atoms with van der Waals surface area (Å²) in [6, 6.07) is 0.378. The lowest BCUT2D eigenvalue weighted by atomic mass is 9.92. The molecule has 0 heterocycles. The normalized spacial score (nSPS) is 22.6. The van der Waals surface area contributed by atoms with Crippen LogP contribution in [-0.4, -0.2) is 18.0 Å². The first-order valence-corrected chi connectivity index (χ1v) is 4.67. The van der Waals surface area contributed by atoms with Gasteiger partial charge in [0.25, 0.3) is 0 Å². The molecule has 1 fully saturated rings. The highest BCUT2D eigenvalue weighted by Crippen LogP contribution is 2.18. The fourth-order valence-corrected chi connectivity index (χ4v) is 1.12. The second-order valence-electron chi connectivity index (χ2n) is 3.78. The highest BCUT2D eigenvalue weighted by Gasteiger charge is 2.23. The van der Waals surface area contributed by atoms with Crippen molar-refractivity contribution in [3.63, 3.8) is 0 Å². The third-order valence-corrected chi connectivity index (χ3v) is 2.65. The number of carbonyl (C=O) groups excluding carboxylic acids is 1. The van der Waals surface area contributed by atoms with E-state index in [9.17, 15) is 4.79 Å². The second kappa shape index (κ2) is 3.90. The lowest BCUT2D eigenvalue weighted by Gasteiger charge is -2.28. The molecule has 0 aromatic rings. The highest BCUT2D eigenvalue weighted by atomic mass is 16.1. The topological polar surface area (TPSA) is 55.1 Å². The molecule has 3 heteroatoms. The SMILES string of the molecule is CC(N)C(C)C(=O)NC1CCC1. The van der Waals surface area contributed by atoms with Crippen molar-refractivity contribution < 1.29 is 4.79 Å². The van der Waals surface area contributed by atoms with Crippen molar-refractivity contribution in [3.8, 4) is 0 Å². The van der Waals surface area contributed by atoms with Gasteiger partial charge >= 0.3 is 0 Å². The van der Waals surface area contributed by atoms with E-state index in [1.165, 1.54) is 6.42 Å². The largest absolute Gasteiger partial charge is 0.353 e. The first-order valence-electron chi connectivity index (χ1n) is 4.67. The van der Waals surface area contributed by atoms with Gasteiger partial charge in [0, 0.05) is 18.0 Å². The van der Waals surface area contributed by atoms with E-state index in [0.29, 0.717) is 6.04 Å². The highest BCUT2D eigenvalue weighted by molar-refractivity contribution is 5.79. The first-order chi connectivity index (χ1) is 5.61. The van der Waals surface area contributed by atoms with Crippen LogP contribution in [-0.2, 0) is 4.79 Å². The van der Waals surface area contributed by atoms with Gasteiger partial charge in [0.2, 0.25) is 5.91 Å². The van der Waals surface area contributed by atoms with Crippen LogP contribution < -0.4 is 11.1 Å². The minimum absolute atomic E-state index is 0.0509. The number of hydrogen-bond donors (Lipinski definition) is 2. The molecule has 2 atom stereocenters. The minimum Gasteiger partial charge on any atom is -0.353 e. The van der Waals surface area contributed by atoms with E-state index in [4.69, 9.17) is 5.73 Å². The Bertz CT molecular complexity index is 164. The molecule has 0 aromatic carbocycles. The number of nitrogens with two attached hydrogens (primary N) is 1. The van der Waals surface area contributed by atoms with Crippen molar-refractivity contribution in [1.82, 2.24) is 5.32 Å². The van der Waals surface area contributed by atoms with Gasteiger partial charge in [0.1, 0.15) is 0 Å². The average molecular weight is 170 g/mol. The summed E-state index contributed by atoms with van der Waals surface area (Å²) in [6.45, 7) is 3.74. The number of rotatable bonds is 3. The summed E-state index contributed by atoms with van der Waals surface area (Å²) in [4.78, 5) is 11.4.